The molecule has 2 heterocycles. The first kappa shape index (κ1) is 22.8. The van der Waals surface area contributed by atoms with Crippen LogP contribution in [0.1, 0.15) is 37.5 Å². The minimum absolute atomic E-state index is 0.0544. The molecule has 0 fully saturated rings. The third-order valence-electron chi connectivity index (χ3n) is 5.92. The van der Waals surface area contributed by atoms with Gasteiger partial charge in [-0.3, -0.25) is 14.4 Å². The van der Waals surface area contributed by atoms with Gasteiger partial charge in [-0.05, 0) is 30.5 Å². The van der Waals surface area contributed by atoms with Gasteiger partial charge in [-0.2, -0.15) is 0 Å². The van der Waals surface area contributed by atoms with Crippen LogP contribution in [-0.4, -0.2) is 43.5 Å². The Bertz CT molecular complexity index is 1340. The zero-order chi connectivity index (χ0) is 24.6. The summed E-state index contributed by atoms with van der Waals surface area (Å²) in [6.07, 6.45) is 0.997. The molecule has 0 bridgehead atoms. The number of hydrogen-bond acceptors (Lipinski definition) is 5. The number of fused-ring (bicyclic) bond motifs is 1. The number of rotatable bonds is 5. The zero-order valence-electron chi connectivity index (χ0n) is 18.6. The van der Waals surface area contributed by atoms with Crippen molar-refractivity contribution >= 4 is 23.5 Å². The summed E-state index contributed by atoms with van der Waals surface area (Å²) >= 11 is 0. The number of carboxylic acid groups (broad SMARTS) is 1. The molecule has 1 atom stereocenters. The molecule has 0 aliphatic carbocycles. The Hall–Kier alpha value is -4.40. The van der Waals surface area contributed by atoms with E-state index in [1.54, 1.807) is 24.3 Å². The summed E-state index contributed by atoms with van der Waals surface area (Å²) in [7, 11) is 0. The van der Waals surface area contributed by atoms with Crippen molar-refractivity contribution in [2.75, 3.05) is 5.32 Å². The topological polar surface area (TPSA) is 129 Å². The van der Waals surface area contributed by atoms with E-state index in [4.69, 9.17) is 0 Å². The van der Waals surface area contributed by atoms with Crippen LogP contribution in [0.2, 0.25) is 0 Å². The summed E-state index contributed by atoms with van der Waals surface area (Å²) < 4.78 is 1.17. The first-order chi connectivity index (χ1) is 16.2. The van der Waals surface area contributed by atoms with E-state index in [1.165, 1.54) is 9.47 Å². The van der Waals surface area contributed by atoms with E-state index in [-0.39, 0.29) is 18.8 Å². The molecular formula is C25H23N3O6. The van der Waals surface area contributed by atoms with Crippen LogP contribution in [0.25, 0.3) is 0 Å². The molecule has 1 aliphatic rings. The molecule has 3 aromatic rings. The molecule has 1 aromatic heterocycles. The lowest BCUT2D eigenvalue weighted by atomic mass is 10.0. The summed E-state index contributed by atoms with van der Waals surface area (Å²) in [5, 5.41) is 22.6. The summed E-state index contributed by atoms with van der Waals surface area (Å²) in [6, 6.07) is 13.6. The second-order valence-electron chi connectivity index (χ2n) is 8.22. The van der Waals surface area contributed by atoms with E-state index in [9.17, 15) is 29.4 Å². The number of carbonyl (C=O) groups excluding carboxylic acids is 2. The highest BCUT2D eigenvalue weighted by Crippen LogP contribution is 2.27. The van der Waals surface area contributed by atoms with Gasteiger partial charge in [0.2, 0.25) is 11.3 Å². The molecular weight excluding hydrogens is 438 g/mol. The highest BCUT2D eigenvalue weighted by molar-refractivity contribution is 6.03. The van der Waals surface area contributed by atoms with Gasteiger partial charge in [0.1, 0.15) is 11.6 Å². The fourth-order valence-electron chi connectivity index (χ4n) is 4.14. The third-order valence-corrected chi connectivity index (χ3v) is 5.92. The van der Waals surface area contributed by atoms with Gasteiger partial charge < -0.3 is 25.0 Å². The summed E-state index contributed by atoms with van der Waals surface area (Å²) in [6.45, 7) is 3.62. The number of benzene rings is 2. The molecule has 2 amide bonds. The van der Waals surface area contributed by atoms with Crippen molar-refractivity contribution in [2.45, 2.75) is 33.0 Å². The minimum atomic E-state index is -1.54. The average molecular weight is 461 g/mol. The van der Waals surface area contributed by atoms with Gasteiger partial charge in [-0.25, -0.2) is 4.79 Å². The fourth-order valence-corrected chi connectivity index (χ4v) is 4.14. The van der Waals surface area contributed by atoms with E-state index in [1.807, 2.05) is 38.1 Å². The second kappa shape index (κ2) is 8.86. The van der Waals surface area contributed by atoms with Crippen LogP contribution in [0.4, 0.5) is 5.69 Å². The maximum absolute atomic E-state index is 13.5. The van der Waals surface area contributed by atoms with Gasteiger partial charge in [-0.15, -0.1) is 0 Å². The monoisotopic (exact) mass is 461 g/mol. The van der Waals surface area contributed by atoms with Gasteiger partial charge in [0, 0.05) is 18.4 Å². The Morgan fingerprint density at radius 3 is 2.29 bits per heavy atom. The molecule has 0 saturated heterocycles. The Labute approximate surface area is 194 Å². The predicted molar refractivity (Wildman–Crippen MR) is 124 cm³/mol. The first-order valence-corrected chi connectivity index (χ1v) is 10.6. The standard InChI is InChI=1S/C25H23N3O6/c1-14-7-6-8-15(2)19(14)26-23(31)18-13-27-12-17(25(33)34)21(29)22(30)20(27)24(32)28(18)11-16-9-4-3-5-10-16/h3-10,12,18,30H,11,13H2,1-2H3,(H,26,31)(H,33,34)/t18-/m1/s1. The van der Waals surface area contributed by atoms with E-state index in [2.05, 4.69) is 5.32 Å². The highest BCUT2D eigenvalue weighted by atomic mass is 16.4. The lowest BCUT2D eigenvalue weighted by Crippen LogP contribution is -2.54. The van der Waals surface area contributed by atoms with Crippen molar-refractivity contribution in [3.8, 4) is 5.75 Å². The average Bonchev–Trinajstić information content (AvgIpc) is 2.80. The third kappa shape index (κ3) is 4.03. The van der Waals surface area contributed by atoms with Gasteiger partial charge in [-0.1, -0.05) is 48.5 Å². The Morgan fingerprint density at radius 2 is 1.68 bits per heavy atom. The molecule has 0 unspecified atom stereocenters. The van der Waals surface area contributed by atoms with E-state index in [0.29, 0.717) is 5.69 Å². The van der Waals surface area contributed by atoms with Gasteiger partial charge in [0.25, 0.3) is 5.91 Å². The highest BCUT2D eigenvalue weighted by Gasteiger charge is 2.40. The number of aromatic hydroxyl groups is 1. The lowest BCUT2D eigenvalue weighted by Gasteiger charge is -2.37. The quantitative estimate of drug-likeness (QED) is 0.536. The molecule has 0 radical (unpaired) electrons. The molecule has 0 saturated carbocycles. The fraction of sp³-hybridized carbons (Fsp3) is 0.200. The number of nitrogens with one attached hydrogen (secondary N) is 1. The molecule has 2 aromatic carbocycles. The summed E-state index contributed by atoms with van der Waals surface area (Å²) in [5.74, 6) is -3.70. The van der Waals surface area contributed by atoms with Gasteiger partial charge in [0.05, 0.1) is 6.54 Å². The number of anilines is 1. The Kier molecular flexibility index (Phi) is 5.93. The Morgan fingerprint density at radius 1 is 1.03 bits per heavy atom. The molecule has 4 rings (SSSR count). The van der Waals surface area contributed by atoms with Crippen molar-refractivity contribution in [3.63, 3.8) is 0 Å². The number of aromatic nitrogens is 1. The molecule has 1 aliphatic heterocycles. The number of amides is 2. The van der Waals surface area contributed by atoms with E-state index in [0.717, 1.165) is 22.9 Å². The van der Waals surface area contributed by atoms with Crippen molar-refractivity contribution in [2.24, 2.45) is 0 Å². The molecule has 0 spiro atoms. The number of aryl methyl sites for hydroxylation is 2. The summed E-state index contributed by atoms with van der Waals surface area (Å²) in [4.78, 5) is 52.0. The number of hydrogen-bond donors (Lipinski definition) is 3. The van der Waals surface area contributed by atoms with Crippen molar-refractivity contribution < 1.29 is 24.6 Å². The van der Waals surface area contributed by atoms with Gasteiger partial charge in [0.15, 0.2) is 11.4 Å². The SMILES string of the molecule is Cc1cccc(C)c1NC(=O)[C@H]1Cn2cc(C(=O)O)c(=O)c(O)c2C(=O)N1Cc1ccccc1. The molecule has 9 heteroatoms. The summed E-state index contributed by atoms with van der Waals surface area (Å²) in [5.41, 5.74) is 0.893. The molecule has 3 N–H and O–H groups in total. The zero-order valence-corrected chi connectivity index (χ0v) is 18.6. The number of nitrogens with zero attached hydrogens (tertiary/aromatic N) is 2. The lowest BCUT2D eigenvalue weighted by molar-refractivity contribution is -0.121. The number of pyridine rings is 1. The predicted octanol–water partition coefficient (Wildman–Crippen LogP) is 2.53. The van der Waals surface area contributed by atoms with Gasteiger partial charge >= 0.3 is 5.97 Å². The maximum Gasteiger partial charge on any atom is 0.341 e. The molecule has 34 heavy (non-hydrogen) atoms. The van der Waals surface area contributed by atoms with Crippen LogP contribution in [0.3, 0.4) is 0 Å². The van der Waals surface area contributed by atoms with Crippen LogP contribution >= 0.6 is 0 Å². The van der Waals surface area contributed by atoms with Crippen molar-refractivity contribution in [3.05, 3.63) is 92.9 Å². The second-order valence-corrected chi connectivity index (χ2v) is 8.22. The van der Waals surface area contributed by atoms with E-state index >= 15 is 0 Å². The number of carboxylic acids is 1. The normalized spacial score (nSPS) is 15.1. The number of para-hydroxylation sites is 1. The van der Waals surface area contributed by atoms with Crippen molar-refractivity contribution in [1.29, 1.82) is 0 Å². The van der Waals surface area contributed by atoms with Crippen molar-refractivity contribution in [1.82, 2.24) is 9.47 Å². The molecule has 174 valence electrons. The van der Waals surface area contributed by atoms with Crippen LogP contribution in [0, 0.1) is 13.8 Å². The van der Waals surface area contributed by atoms with E-state index < -0.39 is 40.6 Å². The smallest absolute Gasteiger partial charge is 0.341 e. The van der Waals surface area contributed by atoms with Crippen LogP contribution < -0.4 is 10.7 Å². The Balaban J connectivity index is 1.80. The first-order valence-electron chi connectivity index (χ1n) is 10.6. The van der Waals surface area contributed by atoms with Crippen LogP contribution in [0.5, 0.6) is 5.75 Å². The van der Waals surface area contributed by atoms with Crippen LogP contribution in [-0.2, 0) is 17.9 Å². The van der Waals surface area contributed by atoms with Crippen LogP contribution in [0.15, 0.2) is 59.5 Å². The molecule has 9 nitrogen and oxygen atoms in total. The minimum Gasteiger partial charge on any atom is -0.503 e. The maximum atomic E-state index is 13.5. The largest absolute Gasteiger partial charge is 0.503 e. The number of aromatic carboxylic acids is 1. The number of carbonyl (C=O) groups is 3.